The van der Waals surface area contributed by atoms with Crippen LogP contribution in [0.2, 0.25) is 30.1 Å². The summed E-state index contributed by atoms with van der Waals surface area (Å²) in [6, 6.07) is 39.2. The number of hydrogen-bond donors (Lipinski definition) is 0. The lowest BCUT2D eigenvalue weighted by molar-refractivity contribution is -0.385. The molecule has 8 aromatic rings. The van der Waals surface area contributed by atoms with Gasteiger partial charge in [-0.05, 0) is 104 Å². The molecule has 0 bridgehead atoms. The summed E-state index contributed by atoms with van der Waals surface area (Å²) in [4.78, 5) is 33.7. The van der Waals surface area contributed by atoms with Crippen molar-refractivity contribution in [1.82, 2.24) is 30.1 Å². The maximum absolute atomic E-state index is 13.7. The monoisotopic (exact) mass is 1740 g/mol. The highest BCUT2D eigenvalue weighted by Gasteiger charge is 2.40. The van der Waals surface area contributed by atoms with Crippen molar-refractivity contribution in [2.45, 2.75) is 60.8 Å². The lowest BCUT2D eigenvalue weighted by Crippen LogP contribution is -2.52. The fourth-order valence-electron chi connectivity index (χ4n) is 10.4. The predicted octanol–water partition coefficient (Wildman–Crippen LogP) is 13.0. The molecule has 0 saturated carbocycles. The lowest BCUT2D eigenvalue weighted by atomic mass is 10.2. The molecule has 566 valence electrons. The third-order valence-corrected chi connectivity index (χ3v) is 33.4. The van der Waals surface area contributed by atoms with Gasteiger partial charge in [-0.15, -0.1) is 0 Å². The van der Waals surface area contributed by atoms with E-state index >= 15 is 0 Å². The Hall–Kier alpha value is -5.83. The zero-order valence-electron chi connectivity index (χ0n) is 55.3. The van der Waals surface area contributed by atoms with Crippen molar-refractivity contribution < 1.29 is 65.3 Å². The molecule has 28 nitrogen and oxygen atoms in total. The Morgan fingerprint density at radius 2 is 0.594 bits per heavy atom. The minimum atomic E-state index is -4.22. The van der Waals surface area contributed by atoms with Gasteiger partial charge < -0.3 is 0 Å². The van der Waals surface area contributed by atoms with Crippen LogP contribution in [-0.2, 0) is 60.3 Å². The first kappa shape index (κ1) is 84.2. The number of nitro groups is 3. The number of sulfonamides is 5. The molecule has 0 N–H and O–H groups in total. The van der Waals surface area contributed by atoms with Gasteiger partial charge in [0.2, 0.25) is 50.1 Å². The predicted molar refractivity (Wildman–Crippen MR) is 407 cm³/mol. The van der Waals surface area contributed by atoms with Crippen molar-refractivity contribution in [3.8, 4) is 0 Å². The van der Waals surface area contributed by atoms with E-state index in [-0.39, 0.29) is 135 Å². The van der Waals surface area contributed by atoms with Gasteiger partial charge in [0.05, 0.1) is 39.6 Å². The van der Waals surface area contributed by atoms with Gasteiger partial charge in [0, 0.05) is 173 Å². The van der Waals surface area contributed by atoms with Crippen LogP contribution in [0, 0.1) is 37.3 Å². The van der Waals surface area contributed by atoms with Gasteiger partial charge in [-0.3, -0.25) is 30.3 Å². The van der Waals surface area contributed by atoms with E-state index in [2.05, 4.69) is 0 Å². The maximum atomic E-state index is 13.7. The van der Waals surface area contributed by atoms with E-state index in [9.17, 15) is 80.8 Å². The first-order chi connectivity index (χ1) is 49.7. The molecule has 43 heteroatoms. The second kappa shape index (κ2) is 35.0. The number of nitrogens with zero attached hydrogens (tertiary/aromatic N) is 10. The van der Waals surface area contributed by atoms with E-state index < -0.39 is 75.1 Å². The van der Waals surface area contributed by atoms with Gasteiger partial charge in [-0.1, -0.05) is 141 Å². The Bertz CT molecular complexity index is 5400. The van der Waals surface area contributed by atoms with E-state index in [0.29, 0.717) is 44.8 Å². The number of benzene rings is 8. The molecule has 8 aromatic carbocycles. The van der Waals surface area contributed by atoms with Gasteiger partial charge in [0.15, 0.2) is 0 Å². The van der Waals surface area contributed by atoms with Crippen molar-refractivity contribution in [3.63, 3.8) is 0 Å². The molecule has 3 heterocycles. The normalized spacial score (nSPS) is 15.8. The summed E-state index contributed by atoms with van der Waals surface area (Å²) in [6.07, 6.45) is 0. The van der Waals surface area contributed by atoms with Gasteiger partial charge in [0.25, 0.3) is 27.3 Å². The van der Waals surface area contributed by atoms with Gasteiger partial charge in [-0.25, -0.2) is 42.1 Å². The molecule has 0 amide bonds. The molecule has 0 radical (unpaired) electrons. The van der Waals surface area contributed by atoms with Gasteiger partial charge in [-0.2, -0.15) is 38.6 Å². The maximum Gasteiger partial charge on any atom is 0.281 e. The van der Waals surface area contributed by atoms with Crippen LogP contribution in [0.1, 0.15) is 5.56 Å². The first-order valence-electron chi connectivity index (χ1n) is 30.8. The third-order valence-electron chi connectivity index (χ3n) is 16.0. The molecule has 0 atom stereocenters. The van der Waals surface area contributed by atoms with Crippen LogP contribution in [-0.4, -0.2) is 188 Å². The third kappa shape index (κ3) is 19.8. The summed E-state index contributed by atoms with van der Waals surface area (Å²) < 4.78 is 166. The first-order valence-corrected chi connectivity index (χ1v) is 44.1. The van der Waals surface area contributed by atoms with Crippen molar-refractivity contribution in [3.05, 3.63) is 230 Å². The average molecular weight is 1750 g/mol. The Morgan fingerprint density at radius 3 is 0.868 bits per heavy atom. The van der Waals surface area contributed by atoms with E-state index in [0.717, 1.165) is 76.3 Å². The van der Waals surface area contributed by atoms with Gasteiger partial charge >= 0.3 is 0 Å². The lowest BCUT2D eigenvalue weighted by Gasteiger charge is -2.34. The molecule has 3 fully saturated rings. The van der Waals surface area contributed by atoms with Crippen molar-refractivity contribution in [2.24, 2.45) is 0 Å². The number of non-ortho nitro benzene ring substituents is 3. The highest BCUT2D eigenvalue weighted by Crippen LogP contribution is 2.44. The van der Waals surface area contributed by atoms with Crippen molar-refractivity contribution in [1.29, 1.82) is 0 Å². The summed E-state index contributed by atoms with van der Waals surface area (Å²) >= 11 is 39.9. The Labute approximate surface area is 654 Å². The molecule has 11 rings (SSSR count). The van der Waals surface area contributed by atoms with E-state index in [1.54, 1.807) is 84.9 Å². The Balaban J connectivity index is 0.000000184. The Kier molecular flexibility index (Phi) is 27.8. The number of piperazine rings is 3. The minimum Gasteiger partial charge on any atom is -0.258 e. The van der Waals surface area contributed by atoms with Crippen LogP contribution in [0.15, 0.2) is 218 Å². The van der Waals surface area contributed by atoms with E-state index in [1.807, 2.05) is 6.92 Å². The molecular weight excluding hydrogens is 1690 g/mol. The van der Waals surface area contributed by atoms with Crippen LogP contribution in [0.4, 0.5) is 17.1 Å². The molecule has 0 unspecified atom stereocenters. The molecule has 3 saturated heterocycles. The highest BCUT2D eigenvalue weighted by molar-refractivity contribution is 8.01. The molecule has 3 aliphatic rings. The summed E-state index contributed by atoms with van der Waals surface area (Å²) in [5, 5.41) is 36.3. The average Bonchev–Trinajstić information content (AvgIpc) is 0.777. The van der Waals surface area contributed by atoms with Crippen LogP contribution < -0.4 is 0 Å². The SMILES string of the molecule is CN(C)S(=O)(=O)N1CCN(S(=O)(=O)c2cc([N+](=O)[O-])ccc2Sc2cc(Cl)ccc2Cl)CC1.Cc1ccc(S(=O)(=O)N2CCN(S(=O)(=O)c3cc([N+](=O)[O-])ccc3Sc3cc(Cl)ccc3Cl)CC2)cc1.O=[N+]([O-])c1ccc(Sc2cc(Cl)ccc2Cl)c(S(=O)(=O)N2CCN(S(=O)(=O)c3ccccc3)CC2)c1. The zero-order valence-corrected chi connectivity index (χ0v) is 67.2. The summed E-state index contributed by atoms with van der Waals surface area (Å²) in [5.41, 5.74) is -0.246. The van der Waals surface area contributed by atoms with Crippen molar-refractivity contribution >= 4 is 182 Å². The summed E-state index contributed by atoms with van der Waals surface area (Å²) in [5.74, 6) is 0. The topological polar surface area (TPSA) is 357 Å². The molecular formula is C63H60Cl6N10O18S9. The molecule has 3 aliphatic heterocycles. The second-order valence-electron chi connectivity index (χ2n) is 23.0. The van der Waals surface area contributed by atoms with Crippen LogP contribution in [0.3, 0.4) is 0 Å². The second-order valence-corrected chi connectivity index (χ2v) is 40.6. The zero-order chi connectivity index (χ0) is 77.6. The van der Waals surface area contributed by atoms with E-state index in [4.69, 9.17) is 69.6 Å². The van der Waals surface area contributed by atoms with Crippen LogP contribution in [0.5, 0.6) is 0 Å². The minimum absolute atomic E-state index is 0.0444. The highest BCUT2D eigenvalue weighted by atomic mass is 35.5. The fraction of sp³-hybridized carbons (Fsp3) is 0.238. The molecule has 0 spiro atoms. The molecule has 0 aliphatic carbocycles. The number of rotatable bonds is 21. The molecule has 0 aromatic heterocycles. The van der Waals surface area contributed by atoms with Crippen LogP contribution >= 0.6 is 105 Å². The van der Waals surface area contributed by atoms with Crippen molar-refractivity contribution in [2.75, 3.05) is 92.6 Å². The summed E-state index contributed by atoms with van der Waals surface area (Å²) in [6.45, 7) is 0.867. The van der Waals surface area contributed by atoms with Gasteiger partial charge in [0.1, 0.15) is 14.7 Å². The number of nitro benzene ring substituents is 3. The van der Waals surface area contributed by atoms with E-state index in [1.165, 1.54) is 87.7 Å². The fourth-order valence-corrected chi connectivity index (χ4v) is 24.3. The standard InChI is InChI=1S/C23H21Cl2N3O6S3.C22H19Cl2N3O6S3.C18H20Cl2N4O6S3/c1-16-2-6-19(7-3-16)36(31,32)26-10-12-27(13-11-26)37(33,34)23-15-18(28(29)30)5-9-21(23)35-22-14-17(24)4-8-20(22)25;23-16-6-8-19(24)21(14-16)34-20-9-7-17(27(28)29)15-22(20)36(32,33)26-12-10-25(11-13-26)35(30,31)18-4-2-1-3-5-18;1-21(2)33(29,30)23-9-7-22(8-10-23)32(27,28)18-12-14(24(25)26)4-6-16(18)31-17-11-13(19)3-5-15(17)20/h2-9,14-15H,10-13H2,1H3;1-9,14-15H,10-13H2;3-6,11-12H,7-10H2,1-2H3. The number of hydrogen-bond acceptors (Lipinski definition) is 21. The summed E-state index contributed by atoms with van der Waals surface area (Å²) in [7, 11) is -21.1. The Morgan fingerprint density at radius 1 is 0.330 bits per heavy atom. The number of halogens is 6. The largest absolute Gasteiger partial charge is 0.281 e. The number of aryl methyl sites for hydroxylation is 1. The van der Waals surface area contributed by atoms with Crippen LogP contribution in [0.25, 0.3) is 0 Å². The smallest absolute Gasteiger partial charge is 0.258 e. The quantitative estimate of drug-likeness (QED) is 0.0476. The molecule has 106 heavy (non-hydrogen) atoms.